The van der Waals surface area contributed by atoms with Crippen LogP contribution in [0.15, 0.2) is 18.2 Å². The van der Waals surface area contributed by atoms with Gasteiger partial charge in [-0.3, -0.25) is 9.59 Å². The fourth-order valence-corrected chi connectivity index (χ4v) is 1.16. The zero-order valence-corrected chi connectivity index (χ0v) is 7.63. The number of phenolic OH excluding ortho intramolecular Hbond substituents is 1. The largest absolute Gasteiger partial charge is 0.508 e. The molecule has 4 heteroatoms. The minimum atomic E-state index is -0.704. The van der Waals surface area contributed by atoms with Gasteiger partial charge in [0.2, 0.25) is 0 Å². The van der Waals surface area contributed by atoms with Gasteiger partial charge in [0.05, 0.1) is 0 Å². The fraction of sp³-hybridized carbons (Fsp3) is 0.111. The molecule has 0 radical (unpaired) electrons. The van der Waals surface area contributed by atoms with Gasteiger partial charge in [0.1, 0.15) is 5.75 Å². The second-order valence-electron chi connectivity index (χ2n) is 2.56. The monoisotopic (exact) mass is 198 g/mol. The first-order valence-corrected chi connectivity index (χ1v) is 3.94. The Morgan fingerprint density at radius 2 is 1.92 bits per heavy atom. The maximum absolute atomic E-state index is 11.0. The van der Waals surface area contributed by atoms with Gasteiger partial charge in [0.15, 0.2) is 5.78 Å². The number of ketones is 1. The van der Waals surface area contributed by atoms with E-state index in [9.17, 15) is 9.59 Å². The van der Waals surface area contributed by atoms with Crippen LogP contribution in [-0.2, 0) is 0 Å². The van der Waals surface area contributed by atoms with Gasteiger partial charge < -0.3 is 5.11 Å². The first kappa shape index (κ1) is 9.74. The molecule has 3 nitrogen and oxygen atoms in total. The van der Waals surface area contributed by atoms with E-state index in [-0.39, 0.29) is 22.7 Å². The van der Waals surface area contributed by atoms with Crippen LogP contribution in [0.3, 0.4) is 0 Å². The number of benzene rings is 1. The summed E-state index contributed by atoms with van der Waals surface area (Å²) in [4.78, 5) is 21.8. The summed E-state index contributed by atoms with van der Waals surface area (Å²) in [6.45, 7) is 1.30. The first-order chi connectivity index (χ1) is 6.02. The highest BCUT2D eigenvalue weighted by molar-refractivity contribution is 6.68. The van der Waals surface area contributed by atoms with Crippen molar-refractivity contribution in [3.05, 3.63) is 29.3 Å². The van der Waals surface area contributed by atoms with Crippen LogP contribution in [0, 0.1) is 0 Å². The highest BCUT2D eigenvalue weighted by atomic mass is 35.5. The van der Waals surface area contributed by atoms with Crippen LogP contribution in [0.25, 0.3) is 0 Å². The molecule has 13 heavy (non-hydrogen) atoms. The van der Waals surface area contributed by atoms with Crippen molar-refractivity contribution in [1.29, 1.82) is 0 Å². The Hall–Kier alpha value is -1.35. The van der Waals surface area contributed by atoms with Gasteiger partial charge in [-0.25, -0.2) is 0 Å². The molecular formula is C9H7ClO3. The van der Waals surface area contributed by atoms with Crippen molar-refractivity contribution in [2.75, 3.05) is 0 Å². The summed E-state index contributed by atoms with van der Waals surface area (Å²) in [5, 5.41) is 8.36. The molecule has 0 aromatic heterocycles. The molecule has 1 aromatic carbocycles. The second kappa shape index (κ2) is 3.58. The standard InChI is InChI=1S/C9H7ClO3/c1-5(11)8-4-6(12)2-3-7(8)9(10)13/h2-4,12H,1H3. The SMILES string of the molecule is CC(=O)c1cc(O)ccc1C(=O)Cl. The van der Waals surface area contributed by atoms with Crippen LogP contribution in [0.4, 0.5) is 0 Å². The molecule has 0 heterocycles. The summed E-state index contributed by atoms with van der Waals surface area (Å²) in [5.41, 5.74) is 0.256. The molecule has 0 unspecified atom stereocenters. The highest BCUT2D eigenvalue weighted by Crippen LogP contribution is 2.18. The van der Waals surface area contributed by atoms with E-state index >= 15 is 0 Å². The minimum Gasteiger partial charge on any atom is -0.508 e. The molecule has 0 saturated carbocycles. The van der Waals surface area contributed by atoms with Gasteiger partial charge in [-0.1, -0.05) is 0 Å². The van der Waals surface area contributed by atoms with Crippen molar-refractivity contribution in [3.63, 3.8) is 0 Å². The van der Waals surface area contributed by atoms with Crippen LogP contribution in [-0.4, -0.2) is 16.1 Å². The van der Waals surface area contributed by atoms with Crippen LogP contribution >= 0.6 is 11.6 Å². The van der Waals surface area contributed by atoms with Crippen molar-refractivity contribution < 1.29 is 14.7 Å². The Bertz CT molecular complexity index is 371. The van der Waals surface area contributed by atoms with Crippen LogP contribution in [0.1, 0.15) is 27.6 Å². The van der Waals surface area contributed by atoms with E-state index in [1.165, 1.54) is 25.1 Å². The average molecular weight is 199 g/mol. The van der Waals surface area contributed by atoms with Gasteiger partial charge in [0.25, 0.3) is 5.24 Å². The molecule has 0 aliphatic carbocycles. The summed E-state index contributed by atoms with van der Waals surface area (Å²) in [5.74, 6) is -0.369. The molecule has 0 bridgehead atoms. The molecule has 0 spiro atoms. The first-order valence-electron chi connectivity index (χ1n) is 3.56. The van der Waals surface area contributed by atoms with Crippen LogP contribution in [0.2, 0.25) is 0 Å². The Morgan fingerprint density at radius 3 is 2.38 bits per heavy atom. The lowest BCUT2D eigenvalue weighted by Gasteiger charge is -2.01. The average Bonchev–Trinajstić information content (AvgIpc) is 2.03. The Labute approximate surface area is 79.9 Å². The number of Topliss-reactive ketones (excluding diaryl/α,β-unsaturated/α-hetero) is 1. The van der Waals surface area contributed by atoms with Gasteiger partial charge >= 0.3 is 0 Å². The number of halogens is 1. The predicted octanol–water partition coefficient (Wildman–Crippen LogP) is 1.97. The molecule has 0 atom stereocenters. The second-order valence-corrected chi connectivity index (χ2v) is 2.90. The molecule has 0 saturated heterocycles. The van der Waals surface area contributed by atoms with Crippen LogP contribution < -0.4 is 0 Å². The lowest BCUT2D eigenvalue weighted by molar-refractivity contribution is 0.1000. The Kier molecular flexibility index (Phi) is 2.68. The van der Waals surface area contributed by atoms with E-state index in [2.05, 4.69) is 0 Å². The van der Waals surface area contributed by atoms with E-state index in [1.54, 1.807) is 0 Å². The lowest BCUT2D eigenvalue weighted by Crippen LogP contribution is -2.01. The number of hydrogen-bond donors (Lipinski definition) is 1. The van der Waals surface area contributed by atoms with E-state index in [1.807, 2.05) is 0 Å². The molecule has 0 aliphatic heterocycles. The number of phenols is 1. The minimum absolute atomic E-state index is 0.0631. The number of carbonyl (C=O) groups excluding carboxylic acids is 2. The summed E-state index contributed by atoms with van der Waals surface area (Å²) in [7, 11) is 0. The topological polar surface area (TPSA) is 54.4 Å². The van der Waals surface area contributed by atoms with Gasteiger partial charge in [-0.2, -0.15) is 0 Å². The number of rotatable bonds is 2. The third kappa shape index (κ3) is 2.06. The molecule has 1 rings (SSSR count). The lowest BCUT2D eigenvalue weighted by atomic mass is 10.1. The molecule has 1 aromatic rings. The quantitative estimate of drug-likeness (QED) is 0.584. The van der Waals surface area contributed by atoms with Crippen molar-refractivity contribution >= 4 is 22.6 Å². The van der Waals surface area contributed by atoms with Gasteiger partial charge in [0, 0.05) is 11.1 Å². The summed E-state index contributed by atoms with van der Waals surface area (Å²) >= 11 is 5.23. The Balaban J connectivity index is 3.35. The summed E-state index contributed by atoms with van der Waals surface area (Å²) < 4.78 is 0. The Morgan fingerprint density at radius 1 is 1.31 bits per heavy atom. The third-order valence-electron chi connectivity index (χ3n) is 1.59. The molecule has 0 aliphatic rings. The predicted molar refractivity (Wildman–Crippen MR) is 48.3 cm³/mol. The van der Waals surface area contributed by atoms with Gasteiger partial charge in [-0.05, 0) is 36.7 Å². The fourth-order valence-electron chi connectivity index (χ4n) is 0.995. The molecule has 1 N–H and O–H groups in total. The maximum Gasteiger partial charge on any atom is 0.253 e. The van der Waals surface area contributed by atoms with E-state index in [0.717, 1.165) is 0 Å². The third-order valence-corrected chi connectivity index (χ3v) is 1.80. The van der Waals surface area contributed by atoms with Crippen molar-refractivity contribution in [3.8, 4) is 5.75 Å². The molecule has 0 amide bonds. The summed E-state index contributed by atoms with van der Waals surface area (Å²) in [6.07, 6.45) is 0. The summed E-state index contributed by atoms with van der Waals surface area (Å²) in [6, 6.07) is 3.85. The molecular weight excluding hydrogens is 192 g/mol. The smallest absolute Gasteiger partial charge is 0.253 e. The molecule has 0 fully saturated rings. The number of aromatic hydroxyl groups is 1. The van der Waals surface area contributed by atoms with Crippen molar-refractivity contribution in [2.45, 2.75) is 6.92 Å². The van der Waals surface area contributed by atoms with E-state index in [0.29, 0.717) is 0 Å². The van der Waals surface area contributed by atoms with Crippen molar-refractivity contribution in [1.82, 2.24) is 0 Å². The molecule has 68 valence electrons. The van der Waals surface area contributed by atoms with Crippen molar-refractivity contribution in [2.24, 2.45) is 0 Å². The van der Waals surface area contributed by atoms with Crippen LogP contribution in [0.5, 0.6) is 5.75 Å². The van der Waals surface area contributed by atoms with E-state index < -0.39 is 5.24 Å². The van der Waals surface area contributed by atoms with E-state index in [4.69, 9.17) is 16.7 Å². The maximum atomic E-state index is 11.0. The number of carbonyl (C=O) groups is 2. The normalized spacial score (nSPS) is 9.69. The number of hydrogen-bond acceptors (Lipinski definition) is 3. The zero-order chi connectivity index (χ0) is 10.0. The van der Waals surface area contributed by atoms with Gasteiger partial charge in [-0.15, -0.1) is 0 Å². The zero-order valence-electron chi connectivity index (χ0n) is 6.87. The highest BCUT2D eigenvalue weighted by Gasteiger charge is 2.12.